The van der Waals surface area contributed by atoms with Gasteiger partial charge in [0.25, 0.3) is 5.91 Å². The molecule has 0 saturated heterocycles. The first-order valence-corrected chi connectivity index (χ1v) is 18.4. The molecule has 3 heterocycles. The van der Waals surface area contributed by atoms with E-state index in [4.69, 9.17) is 4.74 Å². The molecular weight excluding hydrogens is 679 g/mol. The van der Waals surface area contributed by atoms with Crippen LogP contribution in [-0.4, -0.2) is 68.4 Å². The number of benzene rings is 3. The first-order chi connectivity index (χ1) is 26.1. The smallest absolute Gasteiger partial charge is 0.259 e. The number of aromatic amines is 1. The molecule has 7 rings (SSSR count). The van der Waals surface area contributed by atoms with E-state index in [0.717, 1.165) is 54.8 Å². The van der Waals surface area contributed by atoms with E-state index in [1.165, 1.54) is 28.6 Å². The summed E-state index contributed by atoms with van der Waals surface area (Å²) in [6.07, 6.45) is 8.16. The quantitative estimate of drug-likeness (QED) is 0.104. The van der Waals surface area contributed by atoms with Crippen molar-refractivity contribution in [3.05, 3.63) is 131 Å². The lowest BCUT2D eigenvalue weighted by Gasteiger charge is -2.36. The molecule has 3 aromatic carbocycles. The molecule has 0 spiro atoms. The number of nitrogens with one attached hydrogen (secondary N) is 3. The van der Waals surface area contributed by atoms with Gasteiger partial charge in [0, 0.05) is 72.8 Å². The van der Waals surface area contributed by atoms with Gasteiger partial charge in [0.15, 0.2) is 5.82 Å². The van der Waals surface area contributed by atoms with Crippen LogP contribution in [0.4, 0.5) is 5.69 Å². The summed E-state index contributed by atoms with van der Waals surface area (Å²) in [6, 6.07) is 26.1. The molecule has 1 aliphatic heterocycles. The van der Waals surface area contributed by atoms with Crippen LogP contribution in [0.1, 0.15) is 77.8 Å². The van der Waals surface area contributed by atoms with Gasteiger partial charge >= 0.3 is 0 Å². The highest BCUT2D eigenvalue weighted by atomic mass is 16.5. The fourth-order valence-corrected chi connectivity index (χ4v) is 7.27. The Morgan fingerprint density at radius 2 is 1.76 bits per heavy atom. The molecular formula is C43H45N7O4. The van der Waals surface area contributed by atoms with Gasteiger partial charge in [-0.2, -0.15) is 5.10 Å². The molecule has 1 unspecified atom stereocenters. The van der Waals surface area contributed by atoms with Crippen molar-refractivity contribution in [2.24, 2.45) is 0 Å². The number of ether oxygens (including phenoxy) is 1. The van der Waals surface area contributed by atoms with Crippen molar-refractivity contribution in [1.29, 1.82) is 0 Å². The van der Waals surface area contributed by atoms with E-state index in [1.54, 1.807) is 12.4 Å². The predicted molar refractivity (Wildman–Crippen MR) is 208 cm³/mol. The van der Waals surface area contributed by atoms with Crippen LogP contribution in [-0.2, 0) is 27.8 Å². The van der Waals surface area contributed by atoms with Crippen LogP contribution in [0.3, 0.4) is 0 Å². The van der Waals surface area contributed by atoms with Gasteiger partial charge < -0.3 is 20.2 Å². The highest BCUT2D eigenvalue weighted by Crippen LogP contribution is 2.38. The van der Waals surface area contributed by atoms with Gasteiger partial charge in [0.2, 0.25) is 5.91 Å². The van der Waals surface area contributed by atoms with Gasteiger partial charge in [0.1, 0.15) is 29.9 Å². The number of amides is 2. The van der Waals surface area contributed by atoms with E-state index in [0.29, 0.717) is 22.6 Å². The second kappa shape index (κ2) is 15.5. The average molecular weight is 724 g/mol. The Balaban J connectivity index is 0.900. The van der Waals surface area contributed by atoms with Crippen LogP contribution in [0.2, 0.25) is 0 Å². The molecule has 1 fully saturated rings. The lowest BCUT2D eigenvalue weighted by atomic mass is 9.78. The number of carbonyl (C=O) groups is 3. The zero-order valence-electron chi connectivity index (χ0n) is 30.8. The minimum Gasteiger partial charge on any atom is -0.490 e. The van der Waals surface area contributed by atoms with E-state index in [-0.39, 0.29) is 42.2 Å². The summed E-state index contributed by atoms with van der Waals surface area (Å²) < 4.78 is 6.32. The van der Waals surface area contributed by atoms with Gasteiger partial charge in [0.05, 0.1) is 5.56 Å². The molecule has 0 radical (unpaired) electrons. The number of aldehydes is 1. The third-order valence-corrected chi connectivity index (χ3v) is 10.6. The van der Waals surface area contributed by atoms with Crippen molar-refractivity contribution in [1.82, 2.24) is 30.4 Å². The molecule has 1 saturated carbocycles. The monoisotopic (exact) mass is 723 g/mol. The molecule has 5 aromatic rings. The molecule has 1 aliphatic carbocycles. The highest BCUT2D eigenvalue weighted by Gasteiger charge is 2.39. The SMILES string of the molecule is C=C1c2ccc(N[C@H]3C[C@@H](Oc4ccc(C(C)(C)c5ccc(CCc6ccnc(-c7cc[nH]n7)n6)cc5)cc4)C3)cc2C(=O)N1C(CCC=O)C(=O)NC. The van der Waals surface area contributed by atoms with Crippen molar-refractivity contribution in [2.45, 2.75) is 76.0 Å². The number of hydrogen-bond acceptors (Lipinski definition) is 8. The van der Waals surface area contributed by atoms with E-state index in [9.17, 15) is 14.4 Å². The van der Waals surface area contributed by atoms with Crippen LogP contribution in [0, 0.1) is 0 Å². The maximum absolute atomic E-state index is 13.4. The van der Waals surface area contributed by atoms with Gasteiger partial charge in [-0.05, 0) is 72.4 Å². The lowest BCUT2D eigenvalue weighted by molar-refractivity contribution is -0.124. The number of nitrogens with zero attached hydrogens (tertiary/aromatic N) is 4. The van der Waals surface area contributed by atoms with Gasteiger partial charge in [-0.3, -0.25) is 19.6 Å². The number of anilines is 1. The van der Waals surface area contributed by atoms with Crippen LogP contribution >= 0.6 is 0 Å². The van der Waals surface area contributed by atoms with E-state index < -0.39 is 6.04 Å². The molecule has 2 aromatic heterocycles. The minimum atomic E-state index is -0.795. The maximum Gasteiger partial charge on any atom is 0.259 e. The third-order valence-electron chi connectivity index (χ3n) is 10.6. The van der Waals surface area contributed by atoms with Crippen LogP contribution in [0.15, 0.2) is 97.8 Å². The first kappa shape index (κ1) is 36.3. The largest absolute Gasteiger partial charge is 0.490 e. The van der Waals surface area contributed by atoms with Crippen LogP contribution in [0.5, 0.6) is 5.75 Å². The van der Waals surface area contributed by atoms with Crippen LogP contribution < -0.4 is 15.4 Å². The number of carbonyl (C=O) groups excluding carboxylic acids is 3. The molecule has 11 heteroatoms. The third kappa shape index (κ3) is 7.52. The number of hydrogen-bond donors (Lipinski definition) is 3. The summed E-state index contributed by atoms with van der Waals surface area (Å²) in [4.78, 5) is 47.5. The number of aryl methyl sites for hydroxylation is 2. The molecule has 1 atom stereocenters. The fourth-order valence-electron chi connectivity index (χ4n) is 7.27. The van der Waals surface area contributed by atoms with Gasteiger partial charge in [-0.1, -0.05) is 62.9 Å². The lowest BCUT2D eigenvalue weighted by Crippen LogP contribution is -2.45. The molecule has 3 N–H and O–H groups in total. The zero-order valence-corrected chi connectivity index (χ0v) is 30.8. The van der Waals surface area contributed by atoms with Crippen molar-refractivity contribution in [2.75, 3.05) is 12.4 Å². The molecule has 2 aliphatic rings. The number of aromatic nitrogens is 4. The minimum absolute atomic E-state index is 0.0885. The Labute approximate surface area is 315 Å². The topological polar surface area (TPSA) is 142 Å². The second-order valence-corrected chi connectivity index (χ2v) is 14.5. The van der Waals surface area contributed by atoms with E-state index in [1.807, 2.05) is 30.3 Å². The average Bonchev–Trinajstić information content (AvgIpc) is 3.80. The van der Waals surface area contributed by atoms with Crippen molar-refractivity contribution in [3.8, 4) is 17.3 Å². The normalized spacial score (nSPS) is 17.1. The number of fused-ring (bicyclic) bond motifs is 1. The molecule has 11 nitrogen and oxygen atoms in total. The van der Waals surface area contributed by atoms with Crippen molar-refractivity contribution >= 4 is 29.5 Å². The summed E-state index contributed by atoms with van der Waals surface area (Å²) in [6.45, 7) is 8.58. The number of likely N-dealkylation sites (N-methyl/N-ethyl adjacent to an activating group) is 1. The summed E-state index contributed by atoms with van der Waals surface area (Å²) in [5.74, 6) is 0.865. The Bertz CT molecular complexity index is 2140. The predicted octanol–water partition coefficient (Wildman–Crippen LogP) is 6.52. The van der Waals surface area contributed by atoms with Crippen LogP contribution in [0.25, 0.3) is 17.2 Å². The molecule has 54 heavy (non-hydrogen) atoms. The Kier molecular flexibility index (Phi) is 10.4. The van der Waals surface area contributed by atoms with Crippen molar-refractivity contribution in [3.63, 3.8) is 0 Å². The summed E-state index contributed by atoms with van der Waals surface area (Å²) in [5.41, 5.74) is 7.74. The first-order valence-electron chi connectivity index (χ1n) is 18.4. The highest BCUT2D eigenvalue weighted by molar-refractivity contribution is 6.11. The number of rotatable bonds is 15. The molecule has 276 valence electrons. The summed E-state index contributed by atoms with van der Waals surface area (Å²) in [5, 5.41) is 13.1. The van der Waals surface area contributed by atoms with Crippen molar-refractivity contribution < 1.29 is 19.1 Å². The Morgan fingerprint density at radius 3 is 2.44 bits per heavy atom. The van der Waals surface area contributed by atoms with Gasteiger partial charge in [-0.15, -0.1) is 0 Å². The summed E-state index contributed by atoms with van der Waals surface area (Å²) in [7, 11) is 1.52. The van der Waals surface area contributed by atoms with Gasteiger partial charge in [-0.25, -0.2) is 9.97 Å². The fraction of sp³-hybridized carbons (Fsp3) is 0.302. The number of H-pyrrole nitrogens is 1. The van der Waals surface area contributed by atoms with E-state index >= 15 is 0 Å². The Hall–Kier alpha value is -6.10. The molecule has 0 bridgehead atoms. The standard InChI is InChI=1S/C43H45N7O4/c1-27-36-18-15-32(26-37(36)42(53)50(27)39(6-5-23-51)41(52)44-4)47-33-24-35(25-33)54-34-16-12-30(13-17-34)43(2,3)29-10-7-28(8-11-29)9-14-31-19-21-45-40(48-31)38-20-22-46-49-38/h7-8,10-13,15-23,26,33,35,39,47H,1,5-6,9,14,24-25H2,2-4H3,(H,44,52)(H,46,49)/t33-,35+,39?. The summed E-state index contributed by atoms with van der Waals surface area (Å²) >= 11 is 0. The van der Waals surface area contributed by atoms with E-state index in [2.05, 4.69) is 99.8 Å². The Morgan fingerprint density at radius 1 is 1.02 bits per heavy atom. The molecule has 2 amide bonds. The maximum atomic E-state index is 13.4. The zero-order chi connectivity index (χ0) is 37.8. The second-order valence-electron chi connectivity index (χ2n) is 14.5.